The summed E-state index contributed by atoms with van der Waals surface area (Å²) in [4.78, 5) is 0. The molecule has 0 aromatic carbocycles. The number of hydrogen-bond acceptors (Lipinski definition) is 3. The molecule has 0 atom stereocenters. The van der Waals surface area contributed by atoms with Gasteiger partial charge in [0, 0.05) is 7.05 Å². The van der Waals surface area contributed by atoms with Crippen LogP contribution in [-0.4, -0.2) is 28.6 Å². The molecule has 0 spiro atoms. The molecule has 0 N–H and O–H groups in total. The van der Waals surface area contributed by atoms with Gasteiger partial charge in [0.1, 0.15) is 0 Å². The van der Waals surface area contributed by atoms with E-state index in [0.717, 1.165) is 15.9 Å². The largest absolute Gasteiger partial charge is 0.373 e. The third kappa shape index (κ3) is 4.77. The number of ether oxygens (including phenoxy) is 2. The van der Waals surface area contributed by atoms with Gasteiger partial charge in [-0.25, -0.2) is 0 Å². The Labute approximate surface area is 111 Å². The Kier molecular flexibility index (Phi) is 5.16. The van der Waals surface area contributed by atoms with E-state index in [9.17, 15) is 0 Å². The van der Waals surface area contributed by atoms with Crippen molar-refractivity contribution in [1.82, 2.24) is 9.78 Å². The molecule has 0 fully saturated rings. The molecule has 0 bridgehead atoms. The second kappa shape index (κ2) is 5.98. The van der Waals surface area contributed by atoms with Gasteiger partial charge in [0.15, 0.2) is 0 Å². The van der Waals surface area contributed by atoms with E-state index >= 15 is 0 Å². The lowest BCUT2D eigenvalue weighted by molar-refractivity contribution is -0.0384. The Morgan fingerprint density at radius 3 is 2.41 bits per heavy atom. The van der Waals surface area contributed by atoms with Gasteiger partial charge in [-0.1, -0.05) is 0 Å². The lowest BCUT2D eigenvalue weighted by atomic mass is 10.2. The summed E-state index contributed by atoms with van der Waals surface area (Å²) in [6.45, 7) is 9.82. The van der Waals surface area contributed by atoms with Crippen LogP contribution in [-0.2, 0) is 23.1 Å². The van der Waals surface area contributed by atoms with E-state index in [1.165, 1.54) is 0 Å². The van der Waals surface area contributed by atoms with E-state index in [1.807, 2.05) is 39.4 Å². The molecule has 4 nitrogen and oxygen atoms in total. The summed E-state index contributed by atoms with van der Waals surface area (Å²) in [6, 6.07) is 0. The molecule has 0 unspecified atom stereocenters. The van der Waals surface area contributed by atoms with Crippen LogP contribution in [0.3, 0.4) is 0 Å². The third-order valence-electron chi connectivity index (χ3n) is 2.26. The van der Waals surface area contributed by atoms with E-state index in [2.05, 4.69) is 21.0 Å². The van der Waals surface area contributed by atoms with Gasteiger partial charge in [-0.05, 0) is 43.6 Å². The second-order valence-electron chi connectivity index (χ2n) is 4.98. The molecule has 98 valence electrons. The molecular formula is C12H21BrN2O2. The fraction of sp³-hybridized carbons (Fsp3) is 0.750. The van der Waals surface area contributed by atoms with Gasteiger partial charge >= 0.3 is 0 Å². The molecule has 1 aromatic rings. The second-order valence-corrected chi connectivity index (χ2v) is 5.78. The first-order chi connectivity index (χ1) is 7.81. The van der Waals surface area contributed by atoms with Gasteiger partial charge in [-0.3, -0.25) is 4.68 Å². The Hall–Kier alpha value is -0.390. The monoisotopic (exact) mass is 304 g/mol. The van der Waals surface area contributed by atoms with Crippen molar-refractivity contribution in [3.05, 3.63) is 15.9 Å². The lowest BCUT2D eigenvalue weighted by Crippen LogP contribution is -2.21. The van der Waals surface area contributed by atoms with Crippen LogP contribution in [0, 0.1) is 6.92 Å². The van der Waals surface area contributed by atoms with Crippen molar-refractivity contribution < 1.29 is 9.47 Å². The summed E-state index contributed by atoms with van der Waals surface area (Å²) in [5.41, 5.74) is 1.93. The zero-order chi connectivity index (χ0) is 13.1. The first-order valence-electron chi connectivity index (χ1n) is 5.71. The molecule has 1 heterocycles. The number of aryl methyl sites for hydroxylation is 2. The van der Waals surface area contributed by atoms with Crippen LogP contribution < -0.4 is 0 Å². The lowest BCUT2D eigenvalue weighted by Gasteiger charge is -2.19. The number of nitrogens with zero attached hydrogens (tertiary/aromatic N) is 2. The topological polar surface area (TPSA) is 36.3 Å². The SMILES string of the molecule is Cc1nn(C)c(COCCOC(C)(C)C)c1Br. The summed E-state index contributed by atoms with van der Waals surface area (Å²) < 4.78 is 14.0. The van der Waals surface area contributed by atoms with Crippen LogP contribution in [0.15, 0.2) is 4.47 Å². The summed E-state index contributed by atoms with van der Waals surface area (Å²) in [5.74, 6) is 0. The molecule has 1 aromatic heterocycles. The summed E-state index contributed by atoms with van der Waals surface area (Å²) in [7, 11) is 1.92. The minimum atomic E-state index is -0.104. The highest BCUT2D eigenvalue weighted by Gasteiger charge is 2.11. The minimum absolute atomic E-state index is 0.104. The van der Waals surface area contributed by atoms with E-state index < -0.39 is 0 Å². The molecule has 0 aliphatic rings. The van der Waals surface area contributed by atoms with Crippen molar-refractivity contribution in [2.45, 2.75) is 39.9 Å². The highest BCUT2D eigenvalue weighted by Crippen LogP contribution is 2.20. The maximum absolute atomic E-state index is 5.57. The number of halogens is 1. The third-order valence-corrected chi connectivity index (χ3v) is 3.29. The minimum Gasteiger partial charge on any atom is -0.373 e. The normalized spacial score (nSPS) is 12.1. The van der Waals surface area contributed by atoms with Crippen molar-refractivity contribution >= 4 is 15.9 Å². The highest BCUT2D eigenvalue weighted by atomic mass is 79.9. The van der Waals surface area contributed by atoms with Crippen LogP contribution in [0.4, 0.5) is 0 Å². The van der Waals surface area contributed by atoms with Gasteiger partial charge in [0.2, 0.25) is 0 Å². The Morgan fingerprint density at radius 2 is 1.94 bits per heavy atom. The highest BCUT2D eigenvalue weighted by molar-refractivity contribution is 9.10. The van der Waals surface area contributed by atoms with E-state index in [1.54, 1.807) is 0 Å². The van der Waals surface area contributed by atoms with E-state index in [-0.39, 0.29) is 5.60 Å². The zero-order valence-corrected chi connectivity index (χ0v) is 12.8. The Bertz CT molecular complexity index is 369. The average Bonchev–Trinajstić information content (AvgIpc) is 2.42. The van der Waals surface area contributed by atoms with Gasteiger partial charge in [-0.15, -0.1) is 0 Å². The molecular weight excluding hydrogens is 284 g/mol. The number of aromatic nitrogens is 2. The first kappa shape index (κ1) is 14.7. The molecule has 0 amide bonds. The molecule has 0 aliphatic heterocycles. The van der Waals surface area contributed by atoms with Gasteiger partial charge in [0.05, 0.1) is 41.3 Å². The van der Waals surface area contributed by atoms with Gasteiger partial charge in [0.25, 0.3) is 0 Å². The average molecular weight is 305 g/mol. The number of rotatable bonds is 5. The maximum atomic E-state index is 5.57. The van der Waals surface area contributed by atoms with Crippen molar-refractivity contribution in [3.8, 4) is 0 Å². The van der Waals surface area contributed by atoms with Crippen molar-refractivity contribution in [1.29, 1.82) is 0 Å². The Balaban J connectivity index is 2.32. The van der Waals surface area contributed by atoms with Crippen molar-refractivity contribution in [2.75, 3.05) is 13.2 Å². The van der Waals surface area contributed by atoms with Crippen LogP contribution >= 0.6 is 15.9 Å². The molecule has 17 heavy (non-hydrogen) atoms. The zero-order valence-electron chi connectivity index (χ0n) is 11.2. The Morgan fingerprint density at radius 1 is 1.29 bits per heavy atom. The smallest absolute Gasteiger partial charge is 0.0897 e. The fourth-order valence-corrected chi connectivity index (χ4v) is 1.86. The molecule has 0 radical (unpaired) electrons. The van der Waals surface area contributed by atoms with Crippen molar-refractivity contribution in [2.24, 2.45) is 7.05 Å². The predicted molar refractivity (Wildman–Crippen MR) is 71.0 cm³/mol. The molecule has 5 heteroatoms. The summed E-state index contributed by atoms with van der Waals surface area (Å²) in [5, 5.41) is 4.31. The standard InChI is InChI=1S/C12H21BrN2O2/c1-9-11(13)10(15(5)14-9)8-16-6-7-17-12(2,3)4/h6-8H2,1-5H3. The molecule has 1 rings (SSSR count). The molecule has 0 aliphatic carbocycles. The van der Waals surface area contributed by atoms with Crippen LogP contribution in [0.25, 0.3) is 0 Å². The van der Waals surface area contributed by atoms with Gasteiger partial charge < -0.3 is 9.47 Å². The quantitative estimate of drug-likeness (QED) is 0.785. The predicted octanol–water partition coefficient (Wildman–Crippen LogP) is 2.82. The van der Waals surface area contributed by atoms with E-state index in [4.69, 9.17) is 9.47 Å². The van der Waals surface area contributed by atoms with Crippen LogP contribution in [0.5, 0.6) is 0 Å². The molecule has 0 saturated carbocycles. The van der Waals surface area contributed by atoms with Gasteiger partial charge in [-0.2, -0.15) is 5.10 Å². The fourth-order valence-electron chi connectivity index (χ4n) is 1.41. The number of hydrogen-bond donors (Lipinski definition) is 0. The summed E-state index contributed by atoms with van der Waals surface area (Å²) >= 11 is 3.51. The van der Waals surface area contributed by atoms with E-state index in [0.29, 0.717) is 19.8 Å². The molecule has 0 saturated heterocycles. The maximum Gasteiger partial charge on any atom is 0.0897 e. The summed E-state index contributed by atoms with van der Waals surface area (Å²) in [6.07, 6.45) is 0. The van der Waals surface area contributed by atoms with Crippen LogP contribution in [0.1, 0.15) is 32.2 Å². The van der Waals surface area contributed by atoms with Crippen molar-refractivity contribution in [3.63, 3.8) is 0 Å². The van der Waals surface area contributed by atoms with Crippen LogP contribution in [0.2, 0.25) is 0 Å². The first-order valence-corrected chi connectivity index (χ1v) is 6.50.